The Labute approximate surface area is 111 Å². The van der Waals surface area contributed by atoms with Crippen molar-refractivity contribution < 1.29 is 13.5 Å². The number of nitrogens with two attached hydrogens (primary N) is 1. The van der Waals surface area contributed by atoms with Crippen LogP contribution in [0, 0.1) is 0 Å². The molecular formula is C12H15N3O3S. The molecule has 0 bridgehead atoms. The van der Waals surface area contributed by atoms with E-state index >= 15 is 0 Å². The molecule has 2 aromatic carbocycles. The summed E-state index contributed by atoms with van der Waals surface area (Å²) in [6.07, 6.45) is 0. The van der Waals surface area contributed by atoms with E-state index in [1.807, 2.05) is 0 Å². The molecule has 0 saturated heterocycles. The maximum absolute atomic E-state index is 11.7. The highest BCUT2D eigenvalue weighted by atomic mass is 32.2. The summed E-state index contributed by atoms with van der Waals surface area (Å²) in [7, 11) is -3.66. The van der Waals surface area contributed by atoms with Gasteiger partial charge in [-0.1, -0.05) is 24.3 Å². The number of benzene rings is 2. The van der Waals surface area contributed by atoms with Gasteiger partial charge >= 0.3 is 0 Å². The van der Waals surface area contributed by atoms with Crippen LogP contribution < -0.4 is 15.2 Å². The summed E-state index contributed by atoms with van der Waals surface area (Å²) in [5.41, 5.74) is 5.65. The minimum Gasteiger partial charge on any atom is -0.507 e. The third kappa shape index (κ3) is 3.14. The molecule has 0 unspecified atom stereocenters. The van der Waals surface area contributed by atoms with Crippen molar-refractivity contribution in [3.8, 4) is 5.75 Å². The quantitative estimate of drug-likeness (QED) is 0.649. The van der Waals surface area contributed by atoms with E-state index in [1.54, 1.807) is 36.4 Å². The first-order chi connectivity index (χ1) is 9.03. The van der Waals surface area contributed by atoms with E-state index in [9.17, 15) is 13.5 Å². The van der Waals surface area contributed by atoms with Crippen molar-refractivity contribution in [2.24, 2.45) is 5.73 Å². The molecule has 6 nitrogen and oxygen atoms in total. The van der Waals surface area contributed by atoms with Gasteiger partial charge in [-0.3, -0.25) is 4.72 Å². The van der Waals surface area contributed by atoms with Gasteiger partial charge < -0.3 is 10.8 Å². The Hall–Kier alpha value is -1.83. The molecule has 0 amide bonds. The topological polar surface area (TPSA) is 104 Å². The molecule has 7 heteroatoms. The molecule has 19 heavy (non-hydrogen) atoms. The van der Waals surface area contributed by atoms with Crippen LogP contribution in [0.1, 0.15) is 0 Å². The summed E-state index contributed by atoms with van der Waals surface area (Å²) >= 11 is 0. The lowest BCUT2D eigenvalue weighted by molar-refractivity contribution is 0.481. The monoisotopic (exact) mass is 281 g/mol. The van der Waals surface area contributed by atoms with Gasteiger partial charge in [-0.15, -0.1) is 0 Å². The fraction of sp³-hybridized carbons (Fsp3) is 0.167. The fourth-order valence-corrected chi connectivity index (χ4v) is 2.68. The van der Waals surface area contributed by atoms with Crippen LogP contribution in [0.4, 0.5) is 5.69 Å². The smallest absolute Gasteiger partial charge is 0.299 e. The lowest BCUT2D eigenvalue weighted by Gasteiger charge is -2.11. The van der Waals surface area contributed by atoms with Crippen LogP contribution in [0.25, 0.3) is 10.8 Å². The second kappa shape index (κ2) is 5.43. The summed E-state index contributed by atoms with van der Waals surface area (Å²) in [6, 6.07) is 9.95. The summed E-state index contributed by atoms with van der Waals surface area (Å²) < 4.78 is 28.2. The summed E-state index contributed by atoms with van der Waals surface area (Å²) in [5, 5.41) is 10.9. The molecule has 0 fully saturated rings. The van der Waals surface area contributed by atoms with E-state index in [1.165, 1.54) is 0 Å². The molecule has 5 N–H and O–H groups in total. The Kier molecular flexibility index (Phi) is 3.89. The molecule has 2 aromatic rings. The summed E-state index contributed by atoms with van der Waals surface area (Å²) in [4.78, 5) is 0. The number of phenolic OH excluding ortho intramolecular Hbond substituents is 1. The van der Waals surface area contributed by atoms with E-state index in [-0.39, 0.29) is 18.8 Å². The molecule has 0 atom stereocenters. The number of hydrogen-bond donors (Lipinski definition) is 4. The normalized spacial score (nSPS) is 11.6. The molecule has 0 aromatic heterocycles. The highest BCUT2D eigenvalue weighted by Gasteiger charge is 2.11. The Morgan fingerprint density at radius 3 is 2.53 bits per heavy atom. The van der Waals surface area contributed by atoms with Crippen LogP contribution >= 0.6 is 0 Å². The lowest BCUT2D eigenvalue weighted by atomic mass is 10.1. The molecular weight excluding hydrogens is 266 g/mol. The number of fused-ring (bicyclic) bond motifs is 1. The molecule has 0 radical (unpaired) electrons. The van der Waals surface area contributed by atoms with E-state index in [2.05, 4.69) is 9.44 Å². The van der Waals surface area contributed by atoms with Crippen LogP contribution in [-0.2, 0) is 10.2 Å². The first kappa shape index (κ1) is 13.6. The van der Waals surface area contributed by atoms with Crippen LogP contribution in [0.15, 0.2) is 36.4 Å². The van der Waals surface area contributed by atoms with E-state index in [0.717, 1.165) is 0 Å². The maximum atomic E-state index is 11.7. The molecule has 0 saturated carbocycles. The second-order valence-corrected chi connectivity index (χ2v) is 5.47. The highest BCUT2D eigenvalue weighted by Crippen LogP contribution is 2.29. The number of rotatable bonds is 5. The Morgan fingerprint density at radius 2 is 1.79 bits per heavy atom. The Bertz CT molecular complexity index is 686. The van der Waals surface area contributed by atoms with Gasteiger partial charge in [0, 0.05) is 23.9 Å². The van der Waals surface area contributed by atoms with Gasteiger partial charge in [0.25, 0.3) is 10.2 Å². The minimum absolute atomic E-state index is 0.105. The molecule has 0 heterocycles. The molecule has 0 aliphatic carbocycles. The van der Waals surface area contributed by atoms with Gasteiger partial charge in [-0.05, 0) is 12.1 Å². The molecule has 102 valence electrons. The van der Waals surface area contributed by atoms with Crippen LogP contribution in [0.2, 0.25) is 0 Å². The number of anilines is 1. The highest BCUT2D eigenvalue weighted by molar-refractivity contribution is 7.90. The number of aromatic hydroxyl groups is 1. The zero-order valence-electron chi connectivity index (χ0n) is 10.1. The van der Waals surface area contributed by atoms with Crippen LogP contribution in [0.5, 0.6) is 5.75 Å². The number of nitrogens with one attached hydrogen (secondary N) is 2. The molecule has 0 spiro atoms. The first-order valence-corrected chi connectivity index (χ1v) is 7.20. The number of hydrogen-bond acceptors (Lipinski definition) is 4. The third-order valence-corrected chi connectivity index (χ3v) is 3.65. The van der Waals surface area contributed by atoms with Gasteiger partial charge in [-0.2, -0.15) is 13.1 Å². The van der Waals surface area contributed by atoms with Crippen molar-refractivity contribution in [2.45, 2.75) is 0 Å². The van der Waals surface area contributed by atoms with Crippen molar-refractivity contribution in [3.05, 3.63) is 36.4 Å². The van der Waals surface area contributed by atoms with Gasteiger partial charge in [0.2, 0.25) is 0 Å². The summed E-state index contributed by atoms with van der Waals surface area (Å²) in [5.74, 6) is 0.105. The van der Waals surface area contributed by atoms with Gasteiger partial charge in [0.1, 0.15) is 5.75 Å². The molecule has 0 aliphatic heterocycles. The maximum Gasteiger partial charge on any atom is 0.299 e. The molecule has 0 aliphatic rings. The van der Waals surface area contributed by atoms with E-state index in [4.69, 9.17) is 5.73 Å². The average molecular weight is 281 g/mol. The van der Waals surface area contributed by atoms with E-state index in [0.29, 0.717) is 16.5 Å². The summed E-state index contributed by atoms with van der Waals surface area (Å²) in [6.45, 7) is 0.378. The van der Waals surface area contributed by atoms with Crippen molar-refractivity contribution >= 4 is 26.7 Å². The van der Waals surface area contributed by atoms with Crippen LogP contribution in [-0.4, -0.2) is 26.6 Å². The van der Waals surface area contributed by atoms with Crippen LogP contribution in [0.3, 0.4) is 0 Å². The predicted octanol–water partition coefficient (Wildman–Crippen LogP) is 0.750. The zero-order valence-corrected chi connectivity index (χ0v) is 10.9. The first-order valence-electron chi connectivity index (χ1n) is 5.72. The standard InChI is InChI=1S/C12H15N3O3S/c13-7-8-14-19(17,18)15-11-5-1-4-10-9(11)3-2-6-12(10)16/h1-6,14-16H,7-8,13H2. The minimum atomic E-state index is -3.66. The van der Waals surface area contributed by atoms with Crippen molar-refractivity contribution in [3.63, 3.8) is 0 Å². The van der Waals surface area contributed by atoms with Crippen molar-refractivity contribution in [1.29, 1.82) is 0 Å². The third-order valence-electron chi connectivity index (χ3n) is 2.58. The SMILES string of the molecule is NCCNS(=O)(=O)Nc1cccc2c(O)cccc12. The van der Waals surface area contributed by atoms with Gasteiger partial charge in [-0.25, -0.2) is 0 Å². The lowest BCUT2D eigenvalue weighted by Crippen LogP contribution is -2.33. The Morgan fingerprint density at radius 1 is 1.11 bits per heavy atom. The zero-order chi connectivity index (χ0) is 13.9. The molecule has 2 rings (SSSR count). The van der Waals surface area contributed by atoms with Crippen molar-refractivity contribution in [1.82, 2.24) is 4.72 Å². The fourth-order valence-electron chi connectivity index (χ4n) is 1.76. The number of phenols is 1. The second-order valence-electron chi connectivity index (χ2n) is 3.97. The van der Waals surface area contributed by atoms with Gasteiger partial charge in [0.15, 0.2) is 0 Å². The Balaban J connectivity index is 2.39. The van der Waals surface area contributed by atoms with Crippen molar-refractivity contribution in [2.75, 3.05) is 17.8 Å². The largest absolute Gasteiger partial charge is 0.507 e. The van der Waals surface area contributed by atoms with E-state index < -0.39 is 10.2 Å². The predicted molar refractivity (Wildman–Crippen MR) is 75.2 cm³/mol. The van der Waals surface area contributed by atoms with Gasteiger partial charge in [0.05, 0.1) is 5.69 Å². The average Bonchev–Trinajstić information content (AvgIpc) is 2.37.